The molecule has 0 amide bonds. The van der Waals surface area contributed by atoms with Gasteiger partial charge in [0.25, 0.3) is 5.82 Å². The van der Waals surface area contributed by atoms with Gasteiger partial charge in [-0.2, -0.15) is 0 Å². The lowest BCUT2D eigenvalue weighted by atomic mass is 10.2. The number of aliphatic carboxylic acids is 1. The SMILES string of the molecule is CCCCCc1n(CCCC)cc[n+]1CCCC(=O)[O-]. The Kier molecular flexibility index (Phi) is 8.00. The van der Waals surface area contributed by atoms with E-state index >= 15 is 0 Å². The van der Waals surface area contributed by atoms with Crippen LogP contribution in [0.2, 0.25) is 0 Å². The predicted octanol–water partition coefficient (Wildman–Crippen LogP) is 1.84. The van der Waals surface area contributed by atoms with Crippen molar-refractivity contribution in [3.63, 3.8) is 0 Å². The zero-order valence-corrected chi connectivity index (χ0v) is 12.9. The average Bonchev–Trinajstić information content (AvgIpc) is 2.79. The molecule has 0 N–H and O–H groups in total. The van der Waals surface area contributed by atoms with E-state index < -0.39 is 5.97 Å². The minimum absolute atomic E-state index is 0.140. The van der Waals surface area contributed by atoms with Gasteiger partial charge in [0.1, 0.15) is 12.4 Å². The van der Waals surface area contributed by atoms with E-state index in [1.807, 2.05) is 0 Å². The molecular weight excluding hydrogens is 252 g/mol. The van der Waals surface area contributed by atoms with Crippen LogP contribution in [0.4, 0.5) is 0 Å². The molecule has 0 aliphatic carbocycles. The minimum atomic E-state index is -0.955. The molecule has 0 unspecified atom stereocenters. The molecule has 4 nitrogen and oxygen atoms in total. The molecule has 0 atom stereocenters. The van der Waals surface area contributed by atoms with Gasteiger partial charge < -0.3 is 9.90 Å². The van der Waals surface area contributed by atoms with Crippen LogP contribution in [0, 0.1) is 0 Å². The highest BCUT2D eigenvalue weighted by Gasteiger charge is 2.15. The highest BCUT2D eigenvalue weighted by molar-refractivity contribution is 5.63. The van der Waals surface area contributed by atoms with Crippen LogP contribution in [0.25, 0.3) is 0 Å². The van der Waals surface area contributed by atoms with Crippen molar-refractivity contribution < 1.29 is 14.5 Å². The highest BCUT2D eigenvalue weighted by Crippen LogP contribution is 2.06. The van der Waals surface area contributed by atoms with Gasteiger partial charge in [0, 0.05) is 12.4 Å². The number of carbonyl (C=O) groups is 1. The molecule has 4 heteroatoms. The molecule has 0 radical (unpaired) electrons. The van der Waals surface area contributed by atoms with E-state index in [1.54, 1.807) is 0 Å². The Morgan fingerprint density at radius 1 is 1.20 bits per heavy atom. The monoisotopic (exact) mass is 280 g/mol. The van der Waals surface area contributed by atoms with Crippen LogP contribution in [-0.4, -0.2) is 10.5 Å². The zero-order valence-electron chi connectivity index (χ0n) is 12.9. The molecule has 0 saturated heterocycles. The normalized spacial score (nSPS) is 10.9. The number of hydrogen-bond acceptors (Lipinski definition) is 2. The van der Waals surface area contributed by atoms with Crippen molar-refractivity contribution in [2.45, 2.75) is 78.3 Å². The molecule has 0 aliphatic heterocycles. The lowest BCUT2D eigenvalue weighted by Crippen LogP contribution is -2.38. The molecule has 1 aromatic heterocycles. The van der Waals surface area contributed by atoms with E-state index in [9.17, 15) is 9.90 Å². The summed E-state index contributed by atoms with van der Waals surface area (Å²) in [5, 5.41) is 10.5. The predicted molar refractivity (Wildman–Crippen MR) is 77.0 cm³/mol. The molecule has 0 aliphatic rings. The second-order valence-corrected chi connectivity index (χ2v) is 5.39. The Bertz CT molecular complexity index is 399. The van der Waals surface area contributed by atoms with Crippen LogP contribution in [-0.2, 0) is 24.3 Å². The summed E-state index contributed by atoms with van der Waals surface area (Å²) in [5.41, 5.74) is 0. The summed E-state index contributed by atoms with van der Waals surface area (Å²) in [6.45, 7) is 6.25. The molecule has 20 heavy (non-hydrogen) atoms. The van der Waals surface area contributed by atoms with Gasteiger partial charge in [0.2, 0.25) is 0 Å². The maximum atomic E-state index is 10.5. The van der Waals surface area contributed by atoms with Gasteiger partial charge in [-0.15, -0.1) is 0 Å². The molecule has 0 bridgehead atoms. The summed E-state index contributed by atoms with van der Waals surface area (Å²) < 4.78 is 4.55. The number of nitrogens with zero attached hydrogens (tertiary/aromatic N) is 2. The third kappa shape index (κ3) is 5.76. The average molecular weight is 280 g/mol. The summed E-state index contributed by atoms with van der Waals surface area (Å²) in [5.74, 6) is 0.383. The Morgan fingerprint density at radius 2 is 1.95 bits per heavy atom. The quantitative estimate of drug-likeness (QED) is 0.459. The van der Waals surface area contributed by atoms with Crippen molar-refractivity contribution in [2.24, 2.45) is 0 Å². The number of carbonyl (C=O) groups excluding carboxylic acids is 1. The van der Waals surface area contributed by atoms with Crippen molar-refractivity contribution >= 4 is 5.97 Å². The standard InChI is InChI=1S/C16H28N2O2/c1-3-5-7-9-15-17(11-6-4-2)13-14-18(15)12-8-10-16(19)20/h13-14H,3-12H2,1-2H3. The topological polar surface area (TPSA) is 48.9 Å². The highest BCUT2D eigenvalue weighted by atomic mass is 16.4. The first-order valence-electron chi connectivity index (χ1n) is 7.96. The summed E-state index contributed by atoms with van der Waals surface area (Å²) in [4.78, 5) is 10.5. The fraction of sp³-hybridized carbons (Fsp3) is 0.750. The number of carboxylic acid groups (broad SMARTS) is 1. The van der Waals surface area contributed by atoms with Crippen LogP contribution in [0.3, 0.4) is 0 Å². The second kappa shape index (κ2) is 9.56. The van der Waals surface area contributed by atoms with Gasteiger partial charge in [-0.25, -0.2) is 9.13 Å². The first-order valence-corrected chi connectivity index (χ1v) is 7.96. The van der Waals surface area contributed by atoms with Gasteiger partial charge in [-0.1, -0.05) is 33.1 Å². The lowest BCUT2D eigenvalue weighted by molar-refractivity contribution is -0.704. The molecule has 1 rings (SSSR count). The fourth-order valence-electron chi connectivity index (χ4n) is 2.45. The van der Waals surface area contributed by atoms with E-state index in [1.165, 1.54) is 37.9 Å². The first-order chi connectivity index (χ1) is 9.69. The molecule has 1 aromatic rings. The Labute approximate surface area is 122 Å². The van der Waals surface area contributed by atoms with E-state index in [2.05, 4.69) is 35.4 Å². The van der Waals surface area contributed by atoms with E-state index in [4.69, 9.17) is 0 Å². The lowest BCUT2D eigenvalue weighted by Gasteiger charge is -2.06. The van der Waals surface area contributed by atoms with Gasteiger partial charge in [-0.3, -0.25) is 0 Å². The second-order valence-electron chi connectivity index (χ2n) is 5.39. The van der Waals surface area contributed by atoms with Crippen LogP contribution >= 0.6 is 0 Å². The van der Waals surface area contributed by atoms with Crippen molar-refractivity contribution in [1.82, 2.24) is 4.57 Å². The summed E-state index contributed by atoms with van der Waals surface area (Å²) >= 11 is 0. The molecule has 1 heterocycles. The van der Waals surface area contributed by atoms with Crippen molar-refractivity contribution in [2.75, 3.05) is 0 Å². The maximum absolute atomic E-state index is 10.5. The molecule has 114 valence electrons. The molecule has 0 aromatic carbocycles. The van der Waals surface area contributed by atoms with Crippen molar-refractivity contribution in [3.8, 4) is 0 Å². The third-order valence-electron chi connectivity index (χ3n) is 3.63. The first kappa shape index (κ1) is 16.7. The van der Waals surface area contributed by atoms with E-state index in [0.717, 1.165) is 19.5 Å². The van der Waals surface area contributed by atoms with Crippen molar-refractivity contribution in [3.05, 3.63) is 18.2 Å². The number of hydrogen-bond donors (Lipinski definition) is 0. The number of rotatable bonds is 11. The zero-order chi connectivity index (χ0) is 14.8. The molecular formula is C16H28N2O2. The minimum Gasteiger partial charge on any atom is -0.550 e. The number of imidazole rings is 1. The smallest absolute Gasteiger partial charge is 0.256 e. The Balaban J connectivity index is 2.64. The van der Waals surface area contributed by atoms with Gasteiger partial charge in [0.05, 0.1) is 13.1 Å². The number of unbranched alkanes of at least 4 members (excludes halogenated alkanes) is 3. The van der Waals surface area contributed by atoms with Crippen LogP contribution in [0.1, 0.15) is 64.6 Å². The number of aryl methyl sites for hydroxylation is 2. The third-order valence-corrected chi connectivity index (χ3v) is 3.63. The van der Waals surface area contributed by atoms with Crippen molar-refractivity contribution in [1.29, 1.82) is 0 Å². The van der Waals surface area contributed by atoms with Crippen LogP contribution in [0.5, 0.6) is 0 Å². The Morgan fingerprint density at radius 3 is 2.60 bits per heavy atom. The van der Waals surface area contributed by atoms with Gasteiger partial charge in [0.15, 0.2) is 0 Å². The van der Waals surface area contributed by atoms with Gasteiger partial charge >= 0.3 is 0 Å². The van der Waals surface area contributed by atoms with Crippen LogP contribution < -0.4 is 9.67 Å². The van der Waals surface area contributed by atoms with Crippen LogP contribution in [0.15, 0.2) is 12.4 Å². The summed E-state index contributed by atoms with van der Waals surface area (Å²) in [6.07, 6.45) is 12.1. The van der Waals surface area contributed by atoms with E-state index in [0.29, 0.717) is 6.42 Å². The fourth-order valence-corrected chi connectivity index (χ4v) is 2.45. The number of aromatic nitrogens is 2. The molecule has 0 saturated carbocycles. The largest absolute Gasteiger partial charge is 0.550 e. The summed E-state index contributed by atoms with van der Waals surface area (Å²) in [7, 11) is 0. The Hall–Kier alpha value is -1.32. The number of carboxylic acids is 1. The summed E-state index contributed by atoms with van der Waals surface area (Å²) in [6, 6.07) is 0. The maximum Gasteiger partial charge on any atom is 0.256 e. The van der Waals surface area contributed by atoms with Gasteiger partial charge in [-0.05, 0) is 25.7 Å². The molecule has 0 fully saturated rings. The molecule has 0 spiro atoms. The van der Waals surface area contributed by atoms with E-state index in [-0.39, 0.29) is 6.42 Å².